The number of pyridine rings is 2. The van der Waals surface area contributed by atoms with Crippen LogP contribution >= 0.6 is 0 Å². The molecule has 0 radical (unpaired) electrons. The molecule has 3 rings (SSSR count). The van der Waals surface area contributed by atoms with Crippen LogP contribution in [0.1, 0.15) is 31.2 Å². The minimum atomic E-state index is 0.158. The van der Waals surface area contributed by atoms with E-state index in [0.29, 0.717) is 5.92 Å². The van der Waals surface area contributed by atoms with Gasteiger partial charge in [-0.05, 0) is 42.7 Å². The highest BCUT2D eigenvalue weighted by atomic mass is 16.2. The van der Waals surface area contributed by atoms with Crippen LogP contribution < -0.4 is 5.32 Å². The van der Waals surface area contributed by atoms with Crippen molar-refractivity contribution >= 4 is 17.5 Å². The molecule has 1 unspecified atom stereocenters. The van der Waals surface area contributed by atoms with Crippen molar-refractivity contribution in [2.75, 3.05) is 18.4 Å². The first-order chi connectivity index (χ1) is 10.7. The Balaban J connectivity index is 1.75. The summed E-state index contributed by atoms with van der Waals surface area (Å²) >= 11 is 0. The summed E-state index contributed by atoms with van der Waals surface area (Å²) in [5.74, 6) is 2.10. The molecule has 5 heteroatoms. The minimum absolute atomic E-state index is 0.158. The lowest BCUT2D eigenvalue weighted by Gasteiger charge is -2.32. The summed E-state index contributed by atoms with van der Waals surface area (Å²) in [6.45, 7) is 3.31. The number of aromatic nitrogens is 2. The largest absolute Gasteiger partial charge is 0.342 e. The number of amides is 1. The first kappa shape index (κ1) is 14.5. The van der Waals surface area contributed by atoms with Crippen LogP contribution in [0.25, 0.3) is 0 Å². The molecule has 0 saturated carbocycles. The van der Waals surface area contributed by atoms with E-state index < -0.39 is 0 Å². The second-order valence-corrected chi connectivity index (χ2v) is 5.62. The van der Waals surface area contributed by atoms with E-state index in [1.54, 1.807) is 13.1 Å². The molecule has 22 heavy (non-hydrogen) atoms. The van der Waals surface area contributed by atoms with Crippen molar-refractivity contribution in [1.82, 2.24) is 14.9 Å². The van der Waals surface area contributed by atoms with E-state index in [0.717, 1.165) is 37.6 Å². The van der Waals surface area contributed by atoms with Crippen molar-refractivity contribution in [2.45, 2.75) is 25.7 Å². The van der Waals surface area contributed by atoms with Crippen LogP contribution in [-0.4, -0.2) is 33.9 Å². The molecule has 1 amide bonds. The average molecular weight is 296 g/mol. The number of carbonyl (C=O) groups excluding carboxylic acids is 1. The van der Waals surface area contributed by atoms with E-state index in [1.807, 2.05) is 35.4 Å². The fraction of sp³-hybridized carbons (Fsp3) is 0.353. The van der Waals surface area contributed by atoms with Gasteiger partial charge in [0.2, 0.25) is 5.91 Å². The smallest absolute Gasteiger partial charge is 0.219 e. The van der Waals surface area contributed by atoms with E-state index in [2.05, 4.69) is 21.4 Å². The molecule has 0 aromatic carbocycles. The van der Waals surface area contributed by atoms with Crippen LogP contribution in [0.15, 0.2) is 42.7 Å². The Kier molecular flexibility index (Phi) is 4.32. The first-order valence-corrected chi connectivity index (χ1v) is 7.62. The Morgan fingerprint density at radius 2 is 2.09 bits per heavy atom. The summed E-state index contributed by atoms with van der Waals surface area (Å²) in [5.41, 5.74) is 1.22. The molecule has 1 atom stereocenters. The molecule has 1 saturated heterocycles. The Morgan fingerprint density at radius 1 is 1.23 bits per heavy atom. The number of hydrogen-bond donors (Lipinski definition) is 1. The van der Waals surface area contributed by atoms with Crippen LogP contribution in [0, 0.1) is 0 Å². The zero-order valence-corrected chi connectivity index (χ0v) is 12.7. The highest BCUT2D eigenvalue weighted by Gasteiger charge is 2.23. The van der Waals surface area contributed by atoms with Gasteiger partial charge in [-0.2, -0.15) is 0 Å². The number of nitrogens with one attached hydrogen (secondary N) is 1. The average Bonchev–Trinajstić information content (AvgIpc) is 2.56. The van der Waals surface area contributed by atoms with Crippen LogP contribution in [0.3, 0.4) is 0 Å². The number of rotatable bonds is 3. The van der Waals surface area contributed by atoms with Gasteiger partial charge in [-0.3, -0.25) is 4.79 Å². The molecule has 3 heterocycles. The SMILES string of the molecule is CC(=O)N1CCCC(c2ccnc(Nc3ccccn3)c2)C1. The summed E-state index contributed by atoms with van der Waals surface area (Å²) in [4.78, 5) is 22.1. The Hall–Kier alpha value is -2.43. The van der Waals surface area contributed by atoms with Crippen molar-refractivity contribution in [2.24, 2.45) is 0 Å². The lowest BCUT2D eigenvalue weighted by molar-refractivity contribution is -0.130. The number of anilines is 2. The number of carbonyl (C=O) groups is 1. The summed E-state index contributed by atoms with van der Waals surface area (Å²) < 4.78 is 0. The molecule has 1 aliphatic heterocycles. The van der Waals surface area contributed by atoms with Gasteiger partial charge in [0.15, 0.2) is 0 Å². The zero-order valence-electron chi connectivity index (χ0n) is 12.7. The van der Waals surface area contributed by atoms with Crippen molar-refractivity contribution in [3.05, 3.63) is 48.3 Å². The van der Waals surface area contributed by atoms with Gasteiger partial charge >= 0.3 is 0 Å². The van der Waals surface area contributed by atoms with E-state index in [1.165, 1.54) is 5.56 Å². The van der Waals surface area contributed by atoms with Crippen molar-refractivity contribution < 1.29 is 4.79 Å². The normalized spacial score (nSPS) is 18.0. The molecule has 1 fully saturated rings. The predicted octanol–water partition coefficient (Wildman–Crippen LogP) is 2.95. The van der Waals surface area contributed by atoms with Crippen LogP contribution in [-0.2, 0) is 4.79 Å². The second-order valence-electron chi connectivity index (χ2n) is 5.62. The van der Waals surface area contributed by atoms with Gasteiger partial charge in [0.05, 0.1) is 0 Å². The topological polar surface area (TPSA) is 58.1 Å². The molecule has 2 aromatic heterocycles. The predicted molar refractivity (Wildman–Crippen MR) is 86.0 cm³/mol. The Labute approximate surface area is 130 Å². The van der Waals surface area contributed by atoms with Gasteiger partial charge in [0.1, 0.15) is 11.6 Å². The van der Waals surface area contributed by atoms with Gasteiger partial charge in [0, 0.05) is 38.3 Å². The zero-order chi connectivity index (χ0) is 15.4. The molecule has 2 aromatic rings. The number of nitrogens with zero attached hydrogens (tertiary/aromatic N) is 3. The third-order valence-electron chi connectivity index (χ3n) is 4.04. The van der Waals surface area contributed by atoms with Gasteiger partial charge in [0.25, 0.3) is 0 Å². The lowest BCUT2D eigenvalue weighted by Crippen LogP contribution is -2.37. The quantitative estimate of drug-likeness (QED) is 0.946. The standard InChI is InChI=1S/C17H20N4O/c1-13(22)21-10-4-5-15(12-21)14-7-9-19-17(11-14)20-16-6-2-3-8-18-16/h2-3,6-9,11,15H,4-5,10,12H2,1H3,(H,18,19,20). The van der Waals surface area contributed by atoms with E-state index in [9.17, 15) is 4.79 Å². The van der Waals surface area contributed by atoms with Crippen molar-refractivity contribution in [3.8, 4) is 0 Å². The first-order valence-electron chi connectivity index (χ1n) is 7.62. The molecule has 0 aliphatic carbocycles. The van der Waals surface area contributed by atoms with Crippen LogP contribution in [0.2, 0.25) is 0 Å². The maximum atomic E-state index is 11.6. The summed E-state index contributed by atoms with van der Waals surface area (Å²) in [6, 6.07) is 9.83. The second kappa shape index (κ2) is 6.56. The van der Waals surface area contributed by atoms with E-state index in [-0.39, 0.29) is 5.91 Å². The molecule has 0 spiro atoms. The van der Waals surface area contributed by atoms with Crippen LogP contribution in [0.5, 0.6) is 0 Å². The minimum Gasteiger partial charge on any atom is -0.342 e. The fourth-order valence-electron chi connectivity index (χ4n) is 2.87. The molecule has 114 valence electrons. The van der Waals surface area contributed by atoms with E-state index >= 15 is 0 Å². The maximum Gasteiger partial charge on any atom is 0.219 e. The fourth-order valence-corrected chi connectivity index (χ4v) is 2.87. The Bertz CT molecular complexity index is 644. The van der Waals surface area contributed by atoms with E-state index in [4.69, 9.17) is 0 Å². The summed E-state index contributed by atoms with van der Waals surface area (Å²) in [7, 11) is 0. The molecule has 0 bridgehead atoms. The third-order valence-corrected chi connectivity index (χ3v) is 4.04. The van der Waals surface area contributed by atoms with Crippen molar-refractivity contribution in [3.63, 3.8) is 0 Å². The lowest BCUT2D eigenvalue weighted by atomic mass is 9.91. The summed E-state index contributed by atoms with van der Waals surface area (Å²) in [5, 5.41) is 3.21. The van der Waals surface area contributed by atoms with Crippen LogP contribution in [0.4, 0.5) is 11.6 Å². The van der Waals surface area contributed by atoms with Gasteiger partial charge in [-0.15, -0.1) is 0 Å². The monoisotopic (exact) mass is 296 g/mol. The highest BCUT2D eigenvalue weighted by molar-refractivity contribution is 5.73. The Morgan fingerprint density at radius 3 is 2.86 bits per heavy atom. The maximum absolute atomic E-state index is 11.6. The molecular weight excluding hydrogens is 276 g/mol. The summed E-state index contributed by atoms with van der Waals surface area (Å²) in [6.07, 6.45) is 5.72. The number of hydrogen-bond acceptors (Lipinski definition) is 4. The molecule has 1 N–H and O–H groups in total. The highest BCUT2D eigenvalue weighted by Crippen LogP contribution is 2.28. The van der Waals surface area contributed by atoms with Crippen molar-refractivity contribution in [1.29, 1.82) is 0 Å². The number of likely N-dealkylation sites (tertiary alicyclic amines) is 1. The van der Waals surface area contributed by atoms with Gasteiger partial charge < -0.3 is 10.2 Å². The van der Waals surface area contributed by atoms with Gasteiger partial charge in [-0.1, -0.05) is 6.07 Å². The molecule has 5 nitrogen and oxygen atoms in total. The number of piperidine rings is 1. The molecule has 1 aliphatic rings. The molecular formula is C17H20N4O. The van der Waals surface area contributed by atoms with Gasteiger partial charge in [-0.25, -0.2) is 9.97 Å². The third kappa shape index (κ3) is 3.42.